The predicted molar refractivity (Wildman–Crippen MR) is 98.1 cm³/mol. The van der Waals surface area contributed by atoms with E-state index in [4.69, 9.17) is 4.74 Å². The fourth-order valence-corrected chi connectivity index (χ4v) is 2.86. The Morgan fingerprint density at radius 1 is 1.15 bits per heavy atom. The van der Waals surface area contributed by atoms with E-state index in [0.29, 0.717) is 29.9 Å². The zero-order valence-corrected chi connectivity index (χ0v) is 14.5. The van der Waals surface area contributed by atoms with Gasteiger partial charge in [-0.05, 0) is 49.2 Å². The summed E-state index contributed by atoms with van der Waals surface area (Å²) in [5.74, 6) is -0.958. The van der Waals surface area contributed by atoms with Crippen LogP contribution in [0.1, 0.15) is 28.8 Å². The number of aryl methyl sites for hydroxylation is 1. The number of hydrogen-bond donors (Lipinski definition) is 1. The molecule has 2 aromatic carbocycles. The second kappa shape index (κ2) is 7.82. The molecule has 2 amide bonds. The second-order valence-corrected chi connectivity index (χ2v) is 6.19. The first-order valence-electron chi connectivity index (χ1n) is 8.47. The number of anilines is 2. The molecule has 6 heteroatoms. The molecule has 1 heterocycles. The number of benzene rings is 2. The summed E-state index contributed by atoms with van der Waals surface area (Å²) in [5.41, 5.74) is 2.66. The van der Waals surface area contributed by atoms with Crippen LogP contribution in [0.4, 0.5) is 11.4 Å². The molecule has 6 nitrogen and oxygen atoms in total. The fourth-order valence-electron chi connectivity index (χ4n) is 2.86. The number of rotatable bonds is 5. The van der Waals surface area contributed by atoms with Crippen LogP contribution < -0.4 is 10.2 Å². The van der Waals surface area contributed by atoms with E-state index in [1.165, 1.54) is 0 Å². The first-order valence-corrected chi connectivity index (χ1v) is 8.47. The van der Waals surface area contributed by atoms with E-state index in [1.807, 2.05) is 25.1 Å². The third-order valence-corrected chi connectivity index (χ3v) is 4.10. The monoisotopic (exact) mass is 352 g/mol. The van der Waals surface area contributed by atoms with Gasteiger partial charge in [0.15, 0.2) is 6.61 Å². The Bertz CT molecular complexity index is 847. The molecule has 1 N–H and O–H groups in total. The van der Waals surface area contributed by atoms with Crippen LogP contribution in [0.5, 0.6) is 0 Å². The van der Waals surface area contributed by atoms with Gasteiger partial charge in [-0.25, -0.2) is 4.79 Å². The lowest BCUT2D eigenvalue weighted by atomic mass is 10.2. The summed E-state index contributed by atoms with van der Waals surface area (Å²) in [6.07, 6.45) is 1.33. The Kier molecular flexibility index (Phi) is 5.31. The number of nitrogens with zero attached hydrogens (tertiary/aromatic N) is 1. The summed E-state index contributed by atoms with van der Waals surface area (Å²) in [5, 5.41) is 2.68. The maximum absolute atomic E-state index is 12.2. The Labute approximate surface area is 151 Å². The summed E-state index contributed by atoms with van der Waals surface area (Å²) < 4.78 is 5.08. The highest BCUT2D eigenvalue weighted by atomic mass is 16.5. The highest BCUT2D eigenvalue weighted by Crippen LogP contribution is 2.22. The van der Waals surface area contributed by atoms with Gasteiger partial charge >= 0.3 is 5.97 Å². The number of nitrogens with one attached hydrogen (secondary N) is 1. The zero-order chi connectivity index (χ0) is 18.5. The summed E-state index contributed by atoms with van der Waals surface area (Å²) in [7, 11) is 0. The minimum absolute atomic E-state index is 0.0491. The molecule has 1 fully saturated rings. The van der Waals surface area contributed by atoms with Crippen LogP contribution in [0.3, 0.4) is 0 Å². The van der Waals surface area contributed by atoms with E-state index in [1.54, 1.807) is 35.2 Å². The smallest absolute Gasteiger partial charge is 0.338 e. The number of carbonyl (C=O) groups excluding carboxylic acids is 3. The van der Waals surface area contributed by atoms with Crippen LogP contribution in [-0.4, -0.2) is 30.9 Å². The zero-order valence-electron chi connectivity index (χ0n) is 14.5. The largest absolute Gasteiger partial charge is 0.452 e. The Hall–Kier alpha value is -3.15. The first kappa shape index (κ1) is 17.7. The van der Waals surface area contributed by atoms with Crippen molar-refractivity contribution >= 4 is 29.2 Å². The van der Waals surface area contributed by atoms with Gasteiger partial charge in [0.2, 0.25) is 5.91 Å². The SMILES string of the molecule is Cc1cccc(NC(=O)COC(=O)c2cccc(N3CCCC3=O)c2)c1. The lowest BCUT2D eigenvalue weighted by Gasteiger charge is -2.16. The molecule has 1 aliphatic heterocycles. The highest BCUT2D eigenvalue weighted by molar-refractivity contribution is 5.98. The maximum atomic E-state index is 12.2. The average Bonchev–Trinajstić information content (AvgIpc) is 3.06. The molecule has 1 saturated heterocycles. The van der Waals surface area contributed by atoms with E-state index in [9.17, 15) is 14.4 Å². The van der Waals surface area contributed by atoms with Crippen LogP contribution in [0.25, 0.3) is 0 Å². The first-order chi connectivity index (χ1) is 12.5. The van der Waals surface area contributed by atoms with Crippen LogP contribution in [0.15, 0.2) is 48.5 Å². The maximum Gasteiger partial charge on any atom is 0.338 e. The van der Waals surface area contributed by atoms with Crippen molar-refractivity contribution in [3.63, 3.8) is 0 Å². The minimum Gasteiger partial charge on any atom is -0.452 e. The van der Waals surface area contributed by atoms with Crippen molar-refractivity contribution in [1.29, 1.82) is 0 Å². The van der Waals surface area contributed by atoms with E-state index in [0.717, 1.165) is 12.0 Å². The Morgan fingerprint density at radius 2 is 1.96 bits per heavy atom. The van der Waals surface area contributed by atoms with Gasteiger partial charge in [-0.1, -0.05) is 18.2 Å². The molecule has 0 saturated carbocycles. The molecule has 0 bridgehead atoms. The molecule has 0 radical (unpaired) electrons. The van der Waals surface area contributed by atoms with E-state index < -0.39 is 11.9 Å². The molecular formula is C20H20N2O4. The number of ether oxygens (including phenoxy) is 1. The Morgan fingerprint density at radius 3 is 2.69 bits per heavy atom. The lowest BCUT2D eigenvalue weighted by Crippen LogP contribution is -2.24. The number of hydrogen-bond acceptors (Lipinski definition) is 4. The van der Waals surface area contributed by atoms with Crippen LogP contribution >= 0.6 is 0 Å². The van der Waals surface area contributed by atoms with Crippen LogP contribution in [-0.2, 0) is 14.3 Å². The van der Waals surface area contributed by atoms with E-state index in [2.05, 4.69) is 5.32 Å². The van der Waals surface area contributed by atoms with E-state index >= 15 is 0 Å². The molecular weight excluding hydrogens is 332 g/mol. The molecule has 1 aliphatic rings. The van der Waals surface area contributed by atoms with Crippen molar-refractivity contribution in [1.82, 2.24) is 0 Å². The number of carbonyl (C=O) groups is 3. The number of esters is 1. The number of amides is 2. The van der Waals surface area contributed by atoms with Gasteiger partial charge < -0.3 is 15.0 Å². The third-order valence-electron chi connectivity index (χ3n) is 4.10. The fraction of sp³-hybridized carbons (Fsp3) is 0.250. The van der Waals surface area contributed by atoms with Gasteiger partial charge in [-0.15, -0.1) is 0 Å². The Balaban J connectivity index is 1.58. The topological polar surface area (TPSA) is 75.7 Å². The van der Waals surface area contributed by atoms with Crippen molar-refractivity contribution in [2.24, 2.45) is 0 Å². The summed E-state index contributed by atoms with van der Waals surface area (Å²) in [4.78, 5) is 37.6. The predicted octanol–water partition coefficient (Wildman–Crippen LogP) is 2.92. The highest BCUT2D eigenvalue weighted by Gasteiger charge is 2.22. The van der Waals surface area contributed by atoms with Gasteiger partial charge in [-0.3, -0.25) is 9.59 Å². The molecule has 0 aliphatic carbocycles. The van der Waals surface area contributed by atoms with Crippen molar-refractivity contribution in [3.05, 3.63) is 59.7 Å². The second-order valence-electron chi connectivity index (χ2n) is 6.19. The van der Waals surface area contributed by atoms with Crippen molar-refractivity contribution in [2.75, 3.05) is 23.4 Å². The molecule has 2 aromatic rings. The summed E-state index contributed by atoms with van der Waals surface area (Å²) in [6.45, 7) is 2.20. The lowest BCUT2D eigenvalue weighted by molar-refractivity contribution is -0.119. The van der Waals surface area contributed by atoms with Gasteiger partial charge in [-0.2, -0.15) is 0 Å². The third kappa shape index (κ3) is 4.27. The van der Waals surface area contributed by atoms with Crippen molar-refractivity contribution in [2.45, 2.75) is 19.8 Å². The molecule has 26 heavy (non-hydrogen) atoms. The molecule has 0 spiro atoms. The summed E-state index contributed by atoms with van der Waals surface area (Å²) >= 11 is 0. The van der Waals surface area contributed by atoms with Gasteiger partial charge in [0.25, 0.3) is 5.91 Å². The molecule has 134 valence electrons. The minimum atomic E-state index is -0.599. The molecule has 0 aromatic heterocycles. The van der Waals surface area contributed by atoms with Crippen LogP contribution in [0.2, 0.25) is 0 Å². The van der Waals surface area contributed by atoms with Crippen LogP contribution in [0, 0.1) is 6.92 Å². The van der Waals surface area contributed by atoms with Gasteiger partial charge in [0, 0.05) is 24.3 Å². The van der Waals surface area contributed by atoms with Gasteiger partial charge in [0.05, 0.1) is 5.56 Å². The van der Waals surface area contributed by atoms with Gasteiger partial charge in [0.1, 0.15) is 0 Å². The quantitative estimate of drug-likeness (QED) is 0.840. The molecule has 3 rings (SSSR count). The van der Waals surface area contributed by atoms with Crippen molar-refractivity contribution < 1.29 is 19.1 Å². The summed E-state index contributed by atoms with van der Waals surface area (Å²) in [6, 6.07) is 14.1. The normalized spacial score (nSPS) is 13.6. The molecule has 0 unspecified atom stereocenters. The van der Waals surface area contributed by atoms with Crippen molar-refractivity contribution in [3.8, 4) is 0 Å². The standard InChI is InChI=1S/C20H20N2O4/c1-14-5-2-7-16(11-14)21-18(23)13-26-20(25)15-6-3-8-17(12-15)22-10-4-9-19(22)24/h2-3,5-8,11-12H,4,9-10,13H2,1H3,(H,21,23). The van der Waals surface area contributed by atoms with E-state index in [-0.39, 0.29) is 12.5 Å². The molecule has 0 atom stereocenters. The average molecular weight is 352 g/mol.